The van der Waals surface area contributed by atoms with Crippen molar-refractivity contribution in [1.29, 1.82) is 0 Å². The molecule has 3 heteroatoms. The van der Waals surface area contributed by atoms with E-state index in [0.29, 0.717) is 18.0 Å². The molecule has 1 fully saturated rings. The van der Waals surface area contributed by atoms with E-state index in [-0.39, 0.29) is 6.10 Å². The average Bonchev–Trinajstić information content (AvgIpc) is 2.13. The Morgan fingerprint density at radius 3 is 2.73 bits per heavy atom. The second-order valence-corrected chi connectivity index (χ2v) is 5.20. The molecular formula is C12H26N2O. The average molecular weight is 214 g/mol. The van der Waals surface area contributed by atoms with Crippen LogP contribution >= 0.6 is 0 Å². The van der Waals surface area contributed by atoms with E-state index < -0.39 is 0 Å². The van der Waals surface area contributed by atoms with Crippen LogP contribution in [-0.4, -0.2) is 48.3 Å². The standard InChI is InChI=1S/C12H26N2O/c1-9-8-14(4)10(2)7-12(9)13-6-5-11(3)15/h9-13,15H,5-8H2,1-4H3/t9-,10-,11-,12+/m0/s1. The van der Waals surface area contributed by atoms with Crippen LogP contribution in [0.3, 0.4) is 0 Å². The molecule has 1 heterocycles. The number of nitrogens with one attached hydrogen (secondary N) is 1. The van der Waals surface area contributed by atoms with Crippen molar-refractivity contribution in [3.05, 3.63) is 0 Å². The zero-order valence-electron chi connectivity index (χ0n) is 10.5. The number of nitrogens with zero attached hydrogens (tertiary/aromatic N) is 1. The minimum atomic E-state index is -0.184. The van der Waals surface area contributed by atoms with Gasteiger partial charge in [0.05, 0.1) is 6.10 Å². The van der Waals surface area contributed by atoms with Crippen molar-refractivity contribution in [2.75, 3.05) is 20.1 Å². The molecule has 0 radical (unpaired) electrons. The highest BCUT2D eigenvalue weighted by molar-refractivity contribution is 4.85. The van der Waals surface area contributed by atoms with E-state index in [1.165, 1.54) is 13.0 Å². The van der Waals surface area contributed by atoms with Crippen molar-refractivity contribution in [2.24, 2.45) is 5.92 Å². The van der Waals surface area contributed by atoms with Gasteiger partial charge in [-0.25, -0.2) is 0 Å². The molecule has 0 aromatic heterocycles. The van der Waals surface area contributed by atoms with Crippen molar-refractivity contribution < 1.29 is 5.11 Å². The smallest absolute Gasteiger partial charge is 0.0524 e. The third-order valence-corrected chi connectivity index (χ3v) is 3.58. The number of piperidine rings is 1. The molecule has 1 aliphatic rings. The van der Waals surface area contributed by atoms with Gasteiger partial charge in [0.1, 0.15) is 0 Å². The third-order valence-electron chi connectivity index (χ3n) is 3.58. The number of aliphatic hydroxyl groups excluding tert-OH is 1. The van der Waals surface area contributed by atoms with E-state index in [1.54, 1.807) is 0 Å². The Bertz CT molecular complexity index is 184. The number of hydrogen-bond acceptors (Lipinski definition) is 3. The van der Waals surface area contributed by atoms with Crippen molar-refractivity contribution in [3.63, 3.8) is 0 Å². The predicted molar refractivity (Wildman–Crippen MR) is 64.0 cm³/mol. The van der Waals surface area contributed by atoms with Crippen LogP contribution in [0.5, 0.6) is 0 Å². The largest absolute Gasteiger partial charge is 0.393 e. The van der Waals surface area contributed by atoms with E-state index in [1.807, 2.05) is 6.92 Å². The first-order valence-corrected chi connectivity index (χ1v) is 6.12. The molecule has 0 aromatic rings. The molecule has 0 spiro atoms. The number of hydrogen-bond donors (Lipinski definition) is 2. The molecule has 0 aromatic carbocycles. The third kappa shape index (κ3) is 4.09. The van der Waals surface area contributed by atoms with Crippen LogP contribution in [-0.2, 0) is 0 Å². The van der Waals surface area contributed by atoms with Crippen molar-refractivity contribution >= 4 is 0 Å². The van der Waals surface area contributed by atoms with Crippen LogP contribution in [0.4, 0.5) is 0 Å². The van der Waals surface area contributed by atoms with Gasteiger partial charge >= 0.3 is 0 Å². The zero-order chi connectivity index (χ0) is 11.4. The molecule has 90 valence electrons. The van der Waals surface area contributed by atoms with Crippen LogP contribution in [0.2, 0.25) is 0 Å². The molecular weight excluding hydrogens is 188 g/mol. The van der Waals surface area contributed by atoms with E-state index in [9.17, 15) is 5.11 Å². The Labute approximate surface area is 93.9 Å². The highest BCUT2D eigenvalue weighted by Crippen LogP contribution is 2.20. The predicted octanol–water partition coefficient (Wildman–Crippen LogP) is 1.08. The van der Waals surface area contributed by atoms with E-state index in [2.05, 4.69) is 31.1 Å². The minimum Gasteiger partial charge on any atom is -0.393 e. The lowest BCUT2D eigenvalue weighted by Gasteiger charge is -2.40. The maximum absolute atomic E-state index is 9.19. The Morgan fingerprint density at radius 2 is 2.13 bits per heavy atom. The molecule has 0 saturated carbocycles. The fourth-order valence-electron chi connectivity index (χ4n) is 2.30. The zero-order valence-corrected chi connectivity index (χ0v) is 10.5. The summed E-state index contributed by atoms with van der Waals surface area (Å²) >= 11 is 0. The van der Waals surface area contributed by atoms with Gasteiger partial charge in [-0.1, -0.05) is 6.92 Å². The molecule has 1 aliphatic heterocycles. The molecule has 1 rings (SSSR count). The van der Waals surface area contributed by atoms with Crippen LogP contribution < -0.4 is 5.32 Å². The highest BCUT2D eigenvalue weighted by Gasteiger charge is 2.28. The summed E-state index contributed by atoms with van der Waals surface area (Å²) in [5.74, 6) is 0.709. The van der Waals surface area contributed by atoms with Gasteiger partial charge in [0.2, 0.25) is 0 Å². The van der Waals surface area contributed by atoms with E-state index >= 15 is 0 Å². The molecule has 15 heavy (non-hydrogen) atoms. The van der Waals surface area contributed by atoms with Crippen LogP contribution in [0.25, 0.3) is 0 Å². The molecule has 0 aliphatic carbocycles. The SMILES string of the molecule is C[C@H](O)CCN[C@@H]1C[C@H](C)N(C)C[C@@H]1C. The number of aliphatic hydroxyl groups is 1. The number of likely N-dealkylation sites (tertiary alicyclic amines) is 1. The maximum atomic E-state index is 9.19. The summed E-state index contributed by atoms with van der Waals surface area (Å²) in [7, 11) is 2.20. The summed E-state index contributed by atoms with van der Waals surface area (Å²) in [5, 5.41) is 12.8. The highest BCUT2D eigenvalue weighted by atomic mass is 16.3. The fraction of sp³-hybridized carbons (Fsp3) is 1.00. The molecule has 0 unspecified atom stereocenters. The lowest BCUT2D eigenvalue weighted by atomic mass is 9.90. The Kier molecular flexibility index (Phi) is 5.03. The molecule has 3 nitrogen and oxygen atoms in total. The van der Waals surface area contributed by atoms with Gasteiger partial charge in [-0.2, -0.15) is 0 Å². The first-order chi connectivity index (χ1) is 7.00. The first kappa shape index (κ1) is 12.9. The molecule has 1 saturated heterocycles. The summed E-state index contributed by atoms with van der Waals surface area (Å²) in [6.45, 7) is 8.55. The lowest BCUT2D eigenvalue weighted by molar-refractivity contribution is 0.117. The maximum Gasteiger partial charge on any atom is 0.0524 e. The quantitative estimate of drug-likeness (QED) is 0.735. The Balaban J connectivity index is 2.28. The van der Waals surface area contributed by atoms with Crippen LogP contribution in [0, 0.1) is 5.92 Å². The van der Waals surface area contributed by atoms with E-state index in [0.717, 1.165) is 13.0 Å². The van der Waals surface area contributed by atoms with Crippen molar-refractivity contribution in [1.82, 2.24) is 10.2 Å². The van der Waals surface area contributed by atoms with Crippen molar-refractivity contribution in [3.8, 4) is 0 Å². The van der Waals surface area contributed by atoms with Gasteiger partial charge in [-0.3, -0.25) is 0 Å². The molecule has 4 atom stereocenters. The normalized spacial score (nSPS) is 35.4. The van der Waals surface area contributed by atoms with Gasteiger partial charge < -0.3 is 15.3 Å². The van der Waals surface area contributed by atoms with Crippen molar-refractivity contribution in [2.45, 2.75) is 51.8 Å². The summed E-state index contributed by atoms with van der Waals surface area (Å²) in [5.41, 5.74) is 0. The summed E-state index contributed by atoms with van der Waals surface area (Å²) in [6.07, 6.45) is 1.89. The minimum absolute atomic E-state index is 0.184. The van der Waals surface area contributed by atoms with Gasteiger partial charge in [0, 0.05) is 18.6 Å². The second-order valence-electron chi connectivity index (χ2n) is 5.20. The summed E-state index contributed by atoms with van der Waals surface area (Å²) in [6, 6.07) is 1.29. The Hall–Kier alpha value is -0.120. The van der Waals surface area contributed by atoms with Gasteiger partial charge in [-0.05, 0) is 46.2 Å². The van der Waals surface area contributed by atoms with Gasteiger partial charge in [-0.15, -0.1) is 0 Å². The Morgan fingerprint density at radius 1 is 1.47 bits per heavy atom. The second kappa shape index (κ2) is 5.83. The first-order valence-electron chi connectivity index (χ1n) is 6.12. The summed E-state index contributed by atoms with van der Waals surface area (Å²) < 4.78 is 0. The topological polar surface area (TPSA) is 35.5 Å². The molecule has 2 N–H and O–H groups in total. The van der Waals surface area contributed by atoms with E-state index in [4.69, 9.17) is 0 Å². The lowest BCUT2D eigenvalue weighted by Crippen LogP contribution is -2.51. The monoisotopic (exact) mass is 214 g/mol. The van der Waals surface area contributed by atoms with Crippen LogP contribution in [0.15, 0.2) is 0 Å². The molecule has 0 bridgehead atoms. The van der Waals surface area contributed by atoms with Gasteiger partial charge in [0.25, 0.3) is 0 Å². The number of rotatable bonds is 4. The summed E-state index contributed by atoms with van der Waals surface area (Å²) in [4.78, 5) is 2.43. The molecule has 0 amide bonds. The fourth-order valence-corrected chi connectivity index (χ4v) is 2.30. The van der Waals surface area contributed by atoms with Crippen LogP contribution in [0.1, 0.15) is 33.6 Å². The van der Waals surface area contributed by atoms with Gasteiger partial charge in [0.15, 0.2) is 0 Å².